The maximum absolute atomic E-state index is 11.9. The lowest BCUT2D eigenvalue weighted by molar-refractivity contribution is -0.153. The number of carbonyl (C=O) groups is 3. The average molecular weight is 403 g/mol. The predicted molar refractivity (Wildman–Crippen MR) is 115 cm³/mol. The third-order valence-electron chi connectivity index (χ3n) is 5.99. The molecule has 0 N–H and O–H groups in total. The minimum Gasteiger partial charge on any atom is -0.393 e. The number of esters is 2. The number of unbranched alkanes of at least 4 members (excludes halogenated alkanes) is 7. The van der Waals surface area contributed by atoms with Crippen molar-refractivity contribution in [3.63, 3.8) is 0 Å². The summed E-state index contributed by atoms with van der Waals surface area (Å²) in [7, 11) is 0. The number of hydrogen-bond acceptors (Lipinski definition) is 4. The molecule has 1 saturated carbocycles. The Labute approximate surface area is 176 Å². The maximum Gasteiger partial charge on any atom is 0.317 e. The molecule has 1 saturated heterocycles. The molecule has 0 bridgehead atoms. The van der Waals surface area contributed by atoms with Crippen LogP contribution in [0.15, 0.2) is 24.3 Å². The van der Waals surface area contributed by atoms with Crippen molar-refractivity contribution in [2.45, 2.75) is 96.8 Å². The van der Waals surface area contributed by atoms with E-state index < -0.39 is 0 Å². The maximum atomic E-state index is 11.9. The Morgan fingerprint density at radius 1 is 1.03 bits per heavy atom. The topological polar surface area (TPSA) is 60.4 Å². The van der Waals surface area contributed by atoms with Gasteiger partial charge in [-0.3, -0.25) is 14.4 Å². The fraction of sp³-hybridized carbons (Fsp3) is 0.720. The van der Waals surface area contributed by atoms with Crippen molar-refractivity contribution in [1.29, 1.82) is 0 Å². The lowest BCUT2D eigenvalue weighted by Gasteiger charge is -2.15. The van der Waals surface area contributed by atoms with Gasteiger partial charge < -0.3 is 4.74 Å². The molecule has 4 nitrogen and oxygen atoms in total. The third kappa shape index (κ3) is 9.56. The van der Waals surface area contributed by atoms with Crippen LogP contribution in [0.1, 0.15) is 96.8 Å². The number of ketones is 1. The monoisotopic (exact) mass is 402 g/mol. The Hall–Kier alpha value is -1.71. The summed E-state index contributed by atoms with van der Waals surface area (Å²) in [5.41, 5.74) is 0. The Kier molecular flexibility index (Phi) is 11.0. The summed E-state index contributed by atoms with van der Waals surface area (Å²) in [4.78, 5) is 34.9. The van der Waals surface area contributed by atoms with E-state index in [1.165, 1.54) is 19.3 Å². The number of allylic oxidation sites excluding steroid dienone is 4. The van der Waals surface area contributed by atoms with Crippen molar-refractivity contribution in [2.24, 2.45) is 17.8 Å². The second-order valence-electron chi connectivity index (χ2n) is 8.62. The molecular weight excluding hydrogens is 364 g/mol. The second kappa shape index (κ2) is 13.5. The van der Waals surface area contributed by atoms with Gasteiger partial charge in [-0.1, -0.05) is 69.8 Å². The molecule has 1 heterocycles. The van der Waals surface area contributed by atoms with E-state index in [9.17, 15) is 14.4 Å². The number of cyclic esters (lactones) is 2. The summed E-state index contributed by atoms with van der Waals surface area (Å²) in [6.45, 7) is 2.16. The molecule has 4 heteroatoms. The number of hydrogen-bond donors (Lipinski definition) is 0. The van der Waals surface area contributed by atoms with Gasteiger partial charge in [0.2, 0.25) is 0 Å². The SMILES string of the molecule is CCCCCC(/C=C/C=C\CCCCCCCC(=O)C1CC1)C1CC(=O)OC1=O. The van der Waals surface area contributed by atoms with Gasteiger partial charge in [0.05, 0.1) is 12.3 Å². The van der Waals surface area contributed by atoms with Gasteiger partial charge in [-0.05, 0) is 44.4 Å². The molecule has 0 amide bonds. The van der Waals surface area contributed by atoms with E-state index in [4.69, 9.17) is 4.74 Å². The van der Waals surface area contributed by atoms with Gasteiger partial charge in [-0.25, -0.2) is 0 Å². The average Bonchev–Trinajstić information content (AvgIpc) is 3.49. The van der Waals surface area contributed by atoms with E-state index in [1.807, 2.05) is 6.08 Å². The zero-order chi connectivity index (χ0) is 20.9. The largest absolute Gasteiger partial charge is 0.393 e. The Balaban J connectivity index is 1.58. The Morgan fingerprint density at radius 2 is 1.79 bits per heavy atom. The number of carbonyl (C=O) groups excluding carboxylic acids is 3. The molecule has 0 aromatic rings. The second-order valence-corrected chi connectivity index (χ2v) is 8.62. The number of Topliss-reactive ketones (excluding diaryl/α,β-unsaturated/α-hetero) is 1. The highest BCUT2D eigenvalue weighted by Gasteiger charge is 2.37. The van der Waals surface area contributed by atoms with E-state index in [1.54, 1.807) is 0 Å². The van der Waals surface area contributed by atoms with Gasteiger partial charge in [0.15, 0.2) is 0 Å². The van der Waals surface area contributed by atoms with Crippen LogP contribution in [-0.2, 0) is 19.1 Å². The Morgan fingerprint density at radius 3 is 2.48 bits per heavy atom. The highest BCUT2D eigenvalue weighted by atomic mass is 16.6. The van der Waals surface area contributed by atoms with Crippen molar-refractivity contribution in [3.05, 3.63) is 24.3 Å². The molecule has 0 aromatic heterocycles. The van der Waals surface area contributed by atoms with Crippen LogP contribution in [0.25, 0.3) is 0 Å². The van der Waals surface area contributed by atoms with Crippen molar-refractivity contribution < 1.29 is 19.1 Å². The molecule has 1 aliphatic heterocycles. The minimum atomic E-state index is -0.388. The normalized spacial score (nSPS) is 20.7. The molecule has 162 valence electrons. The molecule has 0 spiro atoms. The summed E-state index contributed by atoms with van der Waals surface area (Å²) in [5, 5.41) is 0. The van der Waals surface area contributed by atoms with Crippen molar-refractivity contribution in [3.8, 4) is 0 Å². The van der Waals surface area contributed by atoms with Crippen LogP contribution in [0.5, 0.6) is 0 Å². The van der Waals surface area contributed by atoms with Crippen molar-refractivity contribution in [1.82, 2.24) is 0 Å². The summed E-state index contributed by atoms with van der Waals surface area (Å²) in [6.07, 6.45) is 22.7. The third-order valence-corrected chi connectivity index (χ3v) is 5.99. The highest BCUT2D eigenvalue weighted by molar-refractivity contribution is 5.94. The molecule has 2 rings (SSSR count). The molecule has 2 atom stereocenters. The van der Waals surface area contributed by atoms with Crippen LogP contribution in [-0.4, -0.2) is 17.7 Å². The molecule has 29 heavy (non-hydrogen) atoms. The highest BCUT2D eigenvalue weighted by Crippen LogP contribution is 2.31. The smallest absolute Gasteiger partial charge is 0.317 e. The van der Waals surface area contributed by atoms with Gasteiger partial charge >= 0.3 is 11.9 Å². The summed E-state index contributed by atoms with van der Waals surface area (Å²) in [6, 6.07) is 0. The molecule has 0 radical (unpaired) electrons. The van der Waals surface area contributed by atoms with E-state index >= 15 is 0 Å². The number of rotatable bonds is 16. The van der Waals surface area contributed by atoms with Gasteiger partial charge in [0, 0.05) is 12.3 Å². The van der Waals surface area contributed by atoms with Crippen LogP contribution in [0.2, 0.25) is 0 Å². The number of ether oxygens (including phenoxy) is 1. The molecule has 0 aromatic carbocycles. The van der Waals surface area contributed by atoms with Gasteiger partial charge in [-0.2, -0.15) is 0 Å². The fourth-order valence-electron chi connectivity index (χ4n) is 3.96. The van der Waals surface area contributed by atoms with E-state index in [-0.39, 0.29) is 30.2 Å². The van der Waals surface area contributed by atoms with E-state index in [2.05, 4.69) is 25.2 Å². The molecule has 2 unspecified atom stereocenters. The van der Waals surface area contributed by atoms with E-state index in [0.29, 0.717) is 11.7 Å². The first-order valence-electron chi connectivity index (χ1n) is 11.7. The summed E-state index contributed by atoms with van der Waals surface area (Å²) >= 11 is 0. The summed E-state index contributed by atoms with van der Waals surface area (Å²) in [5.74, 6) is -0.0632. The Bertz CT molecular complexity index is 586. The zero-order valence-electron chi connectivity index (χ0n) is 18.1. The molecule has 1 aliphatic carbocycles. The first kappa shape index (κ1) is 23.6. The van der Waals surface area contributed by atoms with Crippen LogP contribution in [0.3, 0.4) is 0 Å². The zero-order valence-corrected chi connectivity index (χ0v) is 18.1. The van der Waals surface area contributed by atoms with Gasteiger partial charge in [0.1, 0.15) is 5.78 Å². The lowest BCUT2D eigenvalue weighted by atomic mass is 9.86. The van der Waals surface area contributed by atoms with Crippen LogP contribution in [0, 0.1) is 17.8 Å². The quantitative estimate of drug-likeness (QED) is 0.136. The first-order valence-corrected chi connectivity index (χ1v) is 11.7. The van der Waals surface area contributed by atoms with Crippen molar-refractivity contribution in [2.75, 3.05) is 0 Å². The first-order chi connectivity index (χ1) is 14.1. The van der Waals surface area contributed by atoms with Crippen LogP contribution in [0.4, 0.5) is 0 Å². The van der Waals surface area contributed by atoms with Crippen LogP contribution >= 0.6 is 0 Å². The van der Waals surface area contributed by atoms with Crippen LogP contribution < -0.4 is 0 Å². The fourth-order valence-corrected chi connectivity index (χ4v) is 3.96. The predicted octanol–water partition coefficient (Wildman–Crippen LogP) is 6.09. The van der Waals surface area contributed by atoms with E-state index in [0.717, 1.165) is 64.2 Å². The molecule has 2 aliphatic rings. The van der Waals surface area contributed by atoms with Crippen molar-refractivity contribution >= 4 is 17.7 Å². The van der Waals surface area contributed by atoms with Gasteiger partial charge in [0.25, 0.3) is 0 Å². The summed E-state index contributed by atoms with van der Waals surface area (Å²) < 4.78 is 4.74. The molecule has 2 fully saturated rings. The standard InChI is InChI=1S/C25H38O4/c1-2-3-11-14-20(22-19-24(27)29-25(22)28)15-12-9-7-5-4-6-8-10-13-16-23(26)21-17-18-21/h7,9,12,15,20-22H,2-6,8,10-11,13-14,16-19H2,1H3/b9-7-,15-12+. The molecular formula is C25H38O4. The minimum absolute atomic E-state index is 0.0866. The lowest BCUT2D eigenvalue weighted by Crippen LogP contribution is -2.17. The van der Waals surface area contributed by atoms with Gasteiger partial charge in [-0.15, -0.1) is 0 Å².